The summed E-state index contributed by atoms with van der Waals surface area (Å²) in [7, 11) is 0. The van der Waals surface area contributed by atoms with Crippen LogP contribution in [0.2, 0.25) is 0 Å². The fourth-order valence-corrected chi connectivity index (χ4v) is 5.34. The Kier molecular flexibility index (Phi) is 6.99. The molecule has 1 atom stereocenters. The Morgan fingerprint density at radius 2 is 1.92 bits per heavy atom. The van der Waals surface area contributed by atoms with Gasteiger partial charge in [0.2, 0.25) is 5.91 Å². The van der Waals surface area contributed by atoms with E-state index in [1.54, 1.807) is 47.4 Å². The van der Waals surface area contributed by atoms with Crippen LogP contribution in [0.3, 0.4) is 0 Å². The summed E-state index contributed by atoms with van der Waals surface area (Å²) in [6, 6.07) is 13.9. The van der Waals surface area contributed by atoms with Gasteiger partial charge in [0.25, 0.3) is 11.8 Å². The summed E-state index contributed by atoms with van der Waals surface area (Å²) < 4.78 is 0. The van der Waals surface area contributed by atoms with Crippen molar-refractivity contribution in [3.63, 3.8) is 0 Å². The molecule has 0 radical (unpaired) electrons. The number of aromatic hydroxyl groups is 1. The van der Waals surface area contributed by atoms with Gasteiger partial charge >= 0.3 is 0 Å². The molecule has 0 aliphatic carbocycles. The summed E-state index contributed by atoms with van der Waals surface area (Å²) in [6.07, 6.45) is 1.87. The third-order valence-corrected chi connectivity index (χ3v) is 7.29. The van der Waals surface area contributed by atoms with Crippen LogP contribution in [0.5, 0.6) is 5.75 Å². The van der Waals surface area contributed by atoms with E-state index in [-0.39, 0.29) is 35.3 Å². The lowest BCUT2D eigenvalue weighted by atomic mass is 9.94. The standard InChI is InChI=1S/C29H29ClN4O4/c1-3-4-9-31-28(37)17-5-7-21-22(11-17)27-19(14-30)15-34(25(27)13-26(21)36)29(38)24-12-18-10-20(32-16(2)35)6-8-23(18)33-24/h5-8,10-13,19,33,36H,3-4,9,14-15H2,1-2H3,(H,31,37)(H,32,35). The van der Waals surface area contributed by atoms with Crippen LogP contribution in [-0.2, 0) is 4.79 Å². The molecule has 3 aromatic carbocycles. The van der Waals surface area contributed by atoms with E-state index >= 15 is 0 Å². The van der Waals surface area contributed by atoms with Crippen molar-refractivity contribution in [3.05, 3.63) is 65.4 Å². The highest BCUT2D eigenvalue weighted by atomic mass is 35.5. The second-order valence-corrected chi connectivity index (χ2v) is 9.94. The first-order chi connectivity index (χ1) is 18.3. The molecule has 0 bridgehead atoms. The van der Waals surface area contributed by atoms with Crippen LogP contribution < -0.4 is 15.5 Å². The summed E-state index contributed by atoms with van der Waals surface area (Å²) in [6.45, 7) is 4.44. The van der Waals surface area contributed by atoms with Crippen molar-refractivity contribution in [2.24, 2.45) is 0 Å². The summed E-state index contributed by atoms with van der Waals surface area (Å²) in [5.41, 5.74) is 3.69. The molecule has 0 spiro atoms. The number of carbonyl (C=O) groups is 3. The monoisotopic (exact) mass is 532 g/mol. The van der Waals surface area contributed by atoms with Gasteiger partial charge in [-0.1, -0.05) is 13.3 Å². The van der Waals surface area contributed by atoms with E-state index in [1.165, 1.54) is 6.92 Å². The van der Waals surface area contributed by atoms with Crippen LogP contribution in [-0.4, -0.2) is 46.8 Å². The van der Waals surface area contributed by atoms with Crippen LogP contribution in [0, 0.1) is 0 Å². The maximum Gasteiger partial charge on any atom is 0.274 e. The average Bonchev–Trinajstić information content (AvgIpc) is 3.49. The molecule has 0 saturated heterocycles. The van der Waals surface area contributed by atoms with Crippen molar-refractivity contribution < 1.29 is 19.5 Å². The number of carbonyl (C=O) groups excluding carboxylic acids is 3. The lowest BCUT2D eigenvalue weighted by Crippen LogP contribution is -2.30. The molecular weight excluding hydrogens is 504 g/mol. The number of halogens is 1. The second-order valence-electron chi connectivity index (χ2n) is 9.63. The fourth-order valence-electron chi connectivity index (χ4n) is 5.09. The van der Waals surface area contributed by atoms with Gasteiger partial charge in [0, 0.05) is 65.4 Å². The van der Waals surface area contributed by atoms with Gasteiger partial charge in [0.1, 0.15) is 11.4 Å². The highest BCUT2D eigenvalue weighted by molar-refractivity contribution is 6.19. The summed E-state index contributed by atoms with van der Waals surface area (Å²) in [4.78, 5) is 42.6. The van der Waals surface area contributed by atoms with Crippen molar-refractivity contribution in [3.8, 4) is 5.75 Å². The quantitative estimate of drug-likeness (QED) is 0.186. The Morgan fingerprint density at radius 3 is 2.66 bits per heavy atom. The Labute approximate surface area is 225 Å². The molecule has 1 aliphatic rings. The maximum atomic E-state index is 13.7. The molecule has 0 fully saturated rings. The molecule has 4 aromatic rings. The van der Waals surface area contributed by atoms with E-state index in [2.05, 4.69) is 22.5 Å². The highest BCUT2D eigenvalue weighted by Crippen LogP contribution is 2.46. The Bertz CT molecular complexity index is 1580. The molecule has 1 aliphatic heterocycles. The molecule has 0 saturated carbocycles. The molecule has 5 rings (SSSR count). The van der Waals surface area contributed by atoms with Crippen molar-refractivity contribution in [2.45, 2.75) is 32.6 Å². The number of hydrogen-bond acceptors (Lipinski definition) is 4. The maximum absolute atomic E-state index is 13.7. The third kappa shape index (κ3) is 4.67. The first kappa shape index (κ1) is 25.6. The molecule has 9 heteroatoms. The summed E-state index contributed by atoms with van der Waals surface area (Å²) in [5, 5.41) is 18.6. The predicted octanol–water partition coefficient (Wildman–Crippen LogP) is 5.50. The number of nitrogens with one attached hydrogen (secondary N) is 3. The molecule has 8 nitrogen and oxygen atoms in total. The number of rotatable bonds is 7. The number of anilines is 2. The second kappa shape index (κ2) is 10.4. The largest absolute Gasteiger partial charge is 0.507 e. The molecule has 2 heterocycles. The molecule has 38 heavy (non-hydrogen) atoms. The van der Waals surface area contributed by atoms with Crippen LogP contribution in [0.1, 0.15) is 59.0 Å². The molecular formula is C29H29ClN4O4. The Morgan fingerprint density at radius 1 is 1.11 bits per heavy atom. The lowest BCUT2D eigenvalue weighted by Gasteiger charge is -2.18. The number of aromatic nitrogens is 1. The van der Waals surface area contributed by atoms with E-state index in [9.17, 15) is 19.5 Å². The molecule has 3 amide bonds. The first-order valence-electron chi connectivity index (χ1n) is 12.7. The third-order valence-electron chi connectivity index (χ3n) is 6.92. The number of hydrogen-bond donors (Lipinski definition) is 4. The lowest BCUT2D eigenvalue weighted by molar-refractivity contribution is -0.114. The number of phenols is 1. The number of alkyl halides is 1. The number of amides is 3. The van der Waals surface area contributed by atoms with Crippen LogP contribution in [0.15, 0.2) is 48.5 Å². The van der Waals surface area contributed by atoms with Gasteiger partial charge < -0.3 is 25.6 Å². The van der Waals surface area contributed by atoms with E-state index in [0.29, 0.717) is 46.5 Å². The van der Waals surface area contributed by atoms with Gasteiger partial charge in [-0.15, -0.1) is 11.6 Å². The number of benzene rings is 3. The molecule has 196 valence electrons. The van der Waals surface area contributed by atoms with Crippen molar-refractivity contribution in [1.82, 2.24) is 10.3 Å². The minimum Gasteiger partial charge on any atom is -0.507 e. The molecule has 1 aromatic heterocycles. The van der Waals surface area contributed by atoms with E-state index < -0.39 is 0 Å². The SMILES string of the molecule is CCCCNC(=O)c1ccc2c(O)cc3c(c2c1)C(CCl)CN3C(=O)c1cc2cc(NC(C)=O)ccc2[nH]1. The average molecular weight is 533 g/mol. The van der Waals surface area contributed by atoms with Crippen molar-refractivity contribution in [2.75, 3.05) is 29.2 Å². The molecule has 1 unspecified atom stereocenters. The number of H-pyrrole nitrogens is 1. The smallest absolute Gasteiger partial charge is 0.274 e. The van der Waals surface area contributed by atoms with Crippen molar-refractivity contribution >= 4 is 62.4 Å². The van der Waals surface area contributed by atoms with Crippen LogP contribution in [0.4, 0.5) is 11.4 Å². The van der Waals surface area contributed by atoms with Gasteiger partial charge in [0.05, 0.1) is 5.69 Å². The van der Waals surface area contributed by atoms with Gasteiger partial charge in [-0.3, -0.25) is 14.4 Å². The minimum atomic E-state index is -0.261. The zero-order valence-corrected chi connectivity index (χ0v) is 22.0. The summed E-state index contributed by atoms with van der Waals surface area (Å²) in [5.74, 6) is -0.484. The Balaban J connectivity index is 1.53. The van der Waals surface area contributed by atoms with Crippen LogP contribution in [0.25, 0.3) is 21.7 Å². The number of unbranched alkanes of at least 4 members (excludes halogenated alkanes) is 1. The number of phenolic OH excluding ortho intramolecular Hbond substituents is 1. The first-order valence-corrected chi connectivity index (χ1v) is 13.2. The number of nitrogens with zero attached hydrogens (tertiary/aromatic N) is 1. The van der Waals surface area contributed by atoms with Gasteiger partial charge in [-0.2, -0.15) is 0 Å². The zero-order valence-electron chi connectivity index (χ0n) is 21.2. The predicted molar refractivity (Wildman–Crippen MR) is 151 cm³/mol. The van der Waals surface area contributed by atoms with Gasteiger partial charge in [0.15, 0.2) is 0 Å². The minimum absolute atomic E-state index is 0.0290. The Hall–Kier alpha value is -4.04. The normalized spacial score (nSPS) is 14.6. The zero-order chi connectivity index (χ0) is 27.0. The van der Waals surface area contributed by atoms with Gasteiger partial charge in [-0.05, 0) is 59.8 Å². The van der Waals surface area contributed by atoms with E-state index in [1.807, 2.05) is 6.07 Å². The highest BCUT2D eigenvalue weighted by Gasteiger charge is 2.35. The van der Waals surface area contributed by atoms with Crippen LogP contribution >= 0.6 is 11.6 Å². The van der Waals surface area contributed by atoms with E-state index in [0.717, 1.165) is 29.3 Å². The number of fused-ring (bicyclic) bond motifs is 4. The fraction of sp³-hybridized carbons (Fsp3) is 0.276. The number of aromatic amines is 1. The van der Waals surface area contributed by atoms with E-state index in [4.69, 9.17) is 11.6 Å². The molecule has 4 N–H and O–H groups in total. The van der Waals surface area contributed by atoms with Crippen molar-refractivity contribution in [1.29, 1.82) is 0 Å². The summed E-state index contributed by atoms with van der Waals surface area (Å²) >= 11 is 6.38. The topological polar surface area (TPSA) is 115 Å². The van der Waals surface area contributed by atoms with Gasteiger partial charge in [-0.25, -0.2) is 0 Å².